The van der Waals surface area contributed by atoms with Crippen molar-refractivity contribution in [2.75, 3.05) is 13.1 Å². The zero-order valence-electron chi connectivity index (χ0n) is 34.3. The van der Waals surface area contributed by atoms with Gasteiger partial charge in [0.05, 0.1) is 22.1 Å². The third-order valence-corrected chi connectivity index (χ3v) is 14.0. The van der Waals surface area contributed by atoms with Crippen LogP contribution in [0.1, 0.15) is 82.5 Å². The first kappa shape index (κ1) is 37.2. The number of imidazole rings is 2. The number of para-hydroxylation sites is 4. The molecule has 6 atom stereocenters. The first-order valence-corrected chi connectivity index (χ1v) is 22.3. The molecule has 8 aromatic rings. The van der Waals surface area contributed by atoms with Gasteiger partial charge in [-0.25, -0.2) is 9.97 Å². The lowest BCUT2D eigenvalue weighted by Crippen LogP contribution is -2.42. The molecule has 300 valence electrons. The SMILES string of the molecule is c1ccc(CC2CC(C3c4ccccc4Cn4c3nc3ccccc34)CCN2)cc1.c1ccc(CC2CC(C3c4ccccc4Cn4c3nc3ccccc34)CCN2)cc1. The second kappa shape index (κ2) is 16.3. The van der Waals surface area contributed by atoms with Gasteiger partial charge in [0, 0.05) is 37.0 Å². The molecule has 2 aromatic heterocycles. The van der Waals surface area contributed by atoms with E-state index in [0.29, 0.717) is 35.8 Å². The largest absolute Gasteiger partial charge is 0.323 e. The molecule has 2 saturated heterocycles. The molecule has 60 heavy (non-hydrogen) atoms. The number of nitrogens with one attached hydrogen (secondary N) is 2. The fourth-order valence-electron chi connectivity index (χ4n) is 11.3. The van der Waals surface area contributed by atoms with Gasteiger partial charge in [-0.1, -0.05) is 133 Å². The van der Waals surface area contributed by atoms with E-state index in [9.17, 15) is 0 Å². The minimum atomic E-state index is 0.378. The van der Waals surface area contributed by atoms with E-state index in [1.165, 1.54) is 81.7 Å². The van der Waals surface area contributed by atoms with Gasteiger partial charge in [0.25, 0.3) is 0 Å². The Morgan fingerprint density at radius 3 is 1.32 bits per heavy atom. The van der Waals surface area contributed by atoms with Crippen molar-refractivity contribution in [3.05, 3.63) is 203 Å². The van der Waals surface area contributed by atoms with Crippen molar-refractivity contribution < 1.29 is 0 Å². The zero-order chi connectivity index (χ0) is 39.8. The Bertz CT molecular complexity index is 2540. The number of aromatic nitrogens is 4. The van der Waals surface area contributed by atoms with Crippen molar-refractivity contribution in [3.63, 3.8) is 0 Å². The molecule has 12 rings (SSSR count). The molecule has 0 saturated carbocycles. The Morgan fingerprint density at radius 1 is 0.450 bits per heavy atom. The van der Waals surface area contributed by atoms with Crippen LogP contribution < -0.4 is 10.6 Å². The number of piperidine rings is 2. The summed E-state index contributed by atoms with van der Waals surface area (Å²) in [6.45, 7) is 4.03. The van der Waals surface area contributed by atoms with E-state index in [4.69, 9.17) is 9.97 Å². The average molecular weight is 787 g/mol. The van der Waals surface area contributed by atoms with Gasteiger partial charge in [0.15, 0.2) is 0 Å². The van der Waals surface area contributed by atoms with Crippen molar-refractivity contribution in [1.29, 1.82) is 0 Å². The highest BCUT2D eigenvalue weighted by atomic mass is 15.1. The molecule has 6 heteroatoms. The summed E-state index contributed by atoms with van der Waals surface area (Å²) in [6, 6.07) is 58.1. The van der Waals surface area contributed by atoms with Gasteiger partial charge in [0.2, 0.25) is 0 Å². The highest BCUT2D eigenvalue weighted by Gasteiger charge is 2.38. The summed E-state index contributed by atoms with van der Waals surface area (Å²) in [5, 5.41) is 7.57. The van der Waals surface area contributed by atoms with Crippen LogP contribution in [0, 0.1) is 11.8 Å². The van der Waals surface area contributed by atoms with Crippen LogP contribution in [0.5, 0.6) is 0 Å². The molecule has 4 aliphatic rings. The summed E-state index contributed by atoms with van der Waals surface area (Å²) in [5.41, 5.74) is 13.5. The molecule has 0 bridgehead atoms. The second-order valence-corrected chi connectivity index (χ2v) is 17.7. The number of fused-ring (bicyclic) bond motifs is 8. The molecule has 6 aromatic carbocycles. The highest BCUT2D eigenvalue weighted by Crippen LogP contribution is 2.45. The van der Waals surface area contributed by atoms with Crippen molar-refractivity contribution in [2.24, 2.45) is 11.8 Å². The lowest BCUT2D eigenvalue weighted by atomic mass is 9.74. The highest BCUT2D eigenvalue weighted by molar-refractivity contribution is 5.77. The maximum atomic E-state index is 5.16. The van der Waals surface area contributed by atoms with Crippen molar-refractivity contribution in [1.82, 2.24) is 29.7 Å². The molecule has 6 unspecified atom stereocenters. The lowest BCUT2D eigenvalue weighted by Gasteiger charge is -2.38. The van der Waals surface area contributed by atoms with Crippen LogP contribution in [0.15, 0.2) is 158 Å². The molecule has 0 amide bonds. The molecule has 2 fully saturated rings. The number of benzene rings is 6. The Hall–Kier alpha value is -5.82. The Kier molecular flexibility index (Phi) is 10.1. The van der Waals surface area contributed by atoms with Crippen LogP contribution in [-0.4, -0.2) is 44.3 Å². The smallest absolute Gasteiger partial charge is 0.118 e. The minimum absolute atomic E-state index is 0.378. The van der Waals surface area contributed by atoms with Crippen LogP contribution in [0.2, 0.25) is 0 Å². The number of rotatable bonds is 6. The summed E-state index contributed by atoms with van der Waals surface area (Å²) in [5.74, 6) is 4.50. The molecule has 6 nitrogen and oxygen atoms in total. The average Bonchev–Trinajstić information content (AvgIpc) is 3.86. The first-order chi connectivity index (χ1) is 29.7. The number of hydrogen-bond acceptors (Lipinski definition) is 4. The molecule has 2 N–H and O–H groups in total. The van der Waals surface area contributed by atoms with E-state index in [-0.39, 0.29) is 0 Å². The summed E-state index contributed by atoms with van der Waals surface area (Å²) in [7, 11) is 0. The van der Waals surface area contributed by atoms with Gasteiger partial charge in [-0.15, -0.1) is 0 Å². The quantitative estimate of drug-likeness (QED) is 0.176. The topological polar surface area (TPSA) is 59.7 Å². The standard InChI is InChI=1S/2C27H27N3/c2*1-2-8-19(9-3-1)16-22-17-20(14-15-28-22)26-23-11-5-4-10-21(23)18-30-25-13-7-6-12-24(25)29-27(26)30/h2*1-13,20,22,26,28H,14-18H2. The summed E-state index contributed by atoms with van der Waals surface area (Å²) >= 11 is 0. The van der Waals surface area contributed by atoms with Crippen LogP contribution in [-0.2, 0) is 25.9 Å². The summed E-state index contributed by atoms with van der Waals surface area (Å²) < 4.78 is 4.94. The zero-order valence-corrected chi connectivity index (χ0v) is 34.3. The monoisotopic (exact) mass is 786 g/mol. The molecule has 0 aliphatic carbocycles. The van der Waals surface area contributed by atoms with E-state index in [1.807, 2.05) is 0 Å². The van der Waals surface area contributed by atoms with E-state index < -0.39 is 0 Å². The van der Waals surface area contributed by atoms with Crippen molar-refractivity contribution in [2.45, 2.75) is 75.5 Å². The fraction of sp³-hybridized carbons (Fsp3) is 0.296. The van der Waals surface area contributed by atoms with Gasteiger partial charge in [-0.2, -0.15) is 0 Å². The third-order valence-electron chi connectivity index (χ3n) is 14.0. The van der Waals surface area contributed by atoms with Crippen molar-refractivity contribution >= 4 is 22.1 Å². The molecule has 4 aliphatic heterocycles. The van der Waals surface area contributed by atoms with Gasteiger partial charge >= 0.3 is 0 Å². The molecule has 0 radical (unpaired) electrons. The molecule has 0 spiro atoms. The molecular formula is C54H54N6. The fourth-order valence-corrected chi connectivity index (χ4v) is 11.3. The summed E-state index contributed by atoms with van der Waals surface area (Å²) in [4.78, 5) is 10.3. The number of hydrogen-bond donors (Lipinski definition) is 2. The first-order valence-electron chi connectivity index (χ1n) is 22.3. The van der Waals surface area contributed by atoms with Gasteiger partial charge < -0.3 is 19.8 Å². The van der Waals surface area contributed by atoms with Crippen LogP contribution >= 0.6 is 0 Å². The predicted octanol–water partition coefficient (Wildman–Crippen LogP) is 10.3. The van der Waals surface area contributed by atoms with Gasteiger partial charge in [-0.05, 0) is 121 Å². The van der Waals surface area contributed by atoms with Crippen LogP contribution in [0.4, 0.5) is 0 Å². The van der Waals surface area contributed by atoms with E-state index in [0.717, 1.165) is 50.1 Å². The maximum absolute atomic E-state index is 5.16. The van der Waals surface area contributed by atoms with Gasteiger partial charge in [-0.3, -0.25) is 0 Å². The van der Waals surface area contributed by atoms with Crippen LogP contribution in [0.25, 0.3) is 22.1 Å². The van der Waals surface area contributed by atoms with E-state index in [1.54, 1.807) is 0 Å². The predicted molar refractivity (Wildman–Crippen MR) is 244 cm³/mol. The normalized spacial score (nSPS) is 23.1. The Morgan fingerprint density at radius 2 is 0.850 bits per heavy atom. The summed E-state index contributed by atoms with van der Waals surface area (Å²) in [6.07, 6.45) is 6.99. The van der Waals surface area contributed by atoms with E-state index in [2.05, 4.69) is 177 Å². The van der Waals surface area contributed by atoms with Gasteiger partial charge in [0.1, 0.15) is 11.6 Å². The molecule has 6 heterocycles. The Labute approximate surface area is 353 Å². The van der Waals surface area contributed by atoms with Crippen LogP contribution in [0.3, 0.4) is 0 Å². The molecular weight excluding hydrogens is 733 g/mol. The van der Waals surface area contributed by atoms with Crippen molar-refractivity contribution in [3.8, 4) is 0 Å². The maximum Gasteiger partial charge on any atom is 0.118 e. The Balaban J connectivity index is 0.000000136. The lowest BCUT2D eigenvalue weighted by molar-refractivity contribution is 0.268. The number of nitrogens with zero attached hydrogens (tertiary/aromatic N) is 4. The van der Waals surface area contributed by atoms with E-state index >= 15 is 0 Å². The minimum Gasteiger partial charge on any atom is -0.323 e. The second-order valence-electron chi connectivity index (χ2n) is 17.7. The third kappa shape index (κ3) is 7.16.